The summed E-state index contributed by atoms with van der Waals surface area (Å²) in [6.45, 7) is 5.11. The first-order valence-electron chi connectivity index (χ1n) is 2.35. The minimum absolute atomic E-state index is 0.706. The average molecular weight is 110 g/mol. The fraction of sp³-hybridized carbons (Fsp3) is 0.167. The number of rotatable bonds is 2. The van der Waals surface area contributed by atoms with Crippen molar-refractivity contribution in [1.82, 2.24) is 0 Å². The maximum atomic E-state index is 5.35. The fourth-order valence-electron chi connectivity index (χ4n) is 0.235. The first-order chi connectivity index (χ1) is 3.81. The molecule has 8 heavy (non-hydrogen) atoms. The largest absolute Gasteiger partial charge is 0.399 e. The van der Waals surface area contributed by atoms with Crippen molar-refractivity contribution in [2.45, 2.75) is 6.92 Å². The molecule has 0 radical (unpaired) electrons. The highest BCUT2D eigenvalue weighted by atomic mass is 14.6. The maximum absolute atomic E-state index is 5.35. The van der Waals surface area contributed by atoms with E-state index in [1.807, 2.05) is 6.92 Å². The zero-order valence-corrected chi connectivity index (χ0v) is 4.96. The van der Waals surface area contributed by atoms with Crippen molar-refractivity contribution in [3.63, 3.8) is 0 Å². The Hall–Kier alpha value is -1.05. The zero-order chi connectivity index (χ0) is 6.41. The summed E-state index contributed by atoms with van der Waals surface area (Å²) in [5, 5.41) is 0. The number of aliphatic imine (C=N–C) groups is 1. The summed E-state index contributed by atoms with van der Waals surface area (Å²) in [7, 11) is 0. The van der Waals surface area contributed by atoms with E-state index in [0.717, 1.165) is 0 Å². The molecule has 0 atom stereocenters. The van der Waals surface area contributed by atoms with E-state index >= 15 is 0 Å². The molecule has 0 aromatic rings. The Balaban J connectivity index is 3.69. The second kappa shape index (κ2) is 4.12. The van der Waals surface area contributed by atoms with Gasteiger partial charge in [-0.2, -0.15) is 0 Å². The molecule has 0 fully saturated rings. The van der Waals surface area contributed by atoms with Gasteiger partial charge in [0.05, 0.1) is 0 Å². The smallest absolute Gasteiger partial charge is 0.0286 e. The van der Waals surface area contributed by atoms with Gasteiger partial charge in [-0.1, -0.05) is 6.08 Å². The predicted octanol–water partition coefficient (Wildman–Crippen LogP) is 1.06. The van der Waals surface area contributed by atoms with Gasteiger partial charge in [-0.05, 0) is 19.7 Å². The van der Waals surface area contributed by atoms with Gasteiger partial charge in [0, 0.05) is 11.9 Å². The quantitative estimate of drug-likeness (QED) is 0.419. The highest BCUT2D eigenvalue weighted by Crippen LogP contribution is 1.83. The molecule has 2 nitrogen and oxygen atoms in total. The van der Waals surface area contributed by atoms with Crippen molar-refractivity contribution in [2.75, 3.05) is 0 Å². The van der Waals surface area contributed by atoms with Crippen LogP contribution in [0.4, 0.5) is 0 Å². The normalized spacial score (nSPS) is 12.4. The molecule has 44 valence electrons. The Morgan fingerprint density at radius 2 is 2.38 bits per heavy atom. The molecule has 0 saturated carbocycles. The number of nitrogens with zero attached hydrogens (tertiary/aromatic N) is 1. The van der Waals surface area contributed by atoms with Crippen LogP contribution in [0.5, 0.6) is 0 Å². The van der Waals surface area contributed by atoms with E-state index in [1.54, 1.807) is 18.4 Å². The van der Waals surface area contributed by atoms with Crippen LogP contribution in [-0.2, 0) is 0 Å². The minimum atomic E-state index is 0.706. The second-order valence-electron chi connectivity index (χ2n) is 1.29. The molecule has 0 rings (SSSR count). The van der Waals surface area contributed by atoms with Crippen LogP contribution in [0.25, 0.3) is 0 Å². The lowest BCUT2D eigenvalue weighted by molar-refractivity contribution is 1.38. The van der Waals surface area contributed by atoms with Gasteiger partial charge >= 0.3 is 0 Å². The maximum Gasteiger partial charge on any atom is 0.0286 e. The molecule has 2 N–H and O–H groups in total. The van der Waals surface area contributed by atoms with Crippen LogP contribution in [0.3, 0.4) is 0 Å². The lowest BCUT2D eigenvalue weighted by Crippen LogP contribution is -1.89. The Bertz CT molecular complexity index is 122. The molecular formula is C6H10N2. The summed E-state index contributed by atoms with van der Waals surface area (Å²) in [5.41, 5.74) is 6.05. The summed E-state index contributed by atoms with van der Waals surface area (Å²) < 4.78 is 0. The van der Waals surface area contributed by atoms with Crippen molar-refractivity contribution in [1.29, 1.82) is 0 Å². The first kappa shape index (κ1) is 6.95. The molecule has 0 aromatic carbocycles. The van der Waals surface area contributed by atoms with Gasteiger partial charge in [0.1, 0.15) is 0 Å². The van der Waals surface area contributed by atoms with Crippen LogP contribution in [0.1, 0.15) is 6.92 Å². The average Bonchev–Trinajstić information content (AvgIpc) is 1.83. The highest BCUT2D eigenvalue weighted by molar-refractivity contribution is 5.27. The molecular weight excluding hydrogens is 100 g/mol. The van der Waals surface area contributed by atoms with E-state index in [-0.39, 0.29) is 0 Å². The van der Waals surface area contributed by atoms with Crippen molar-refractivity contribution in [3.05, 3.63) is 24.0 Å². The number of hydrogen-bond donors (Lipinski definition) is 1. The van der Waals surface area contributed by atoms with Gasteiger partial charge in [0.25, 0.3) is 0 Å². The van der Waals surface area contributed by atoms with Crippen molar-refractivity contribution in [3.8, 4) is 0 Å². The lowest BCUT2D eigenvalue weighted by atomic mass is 10.4. The van der Waals surface area contributed by atoms with E-state index in [4.69, 9.17) is 5.73 Å². The summed E-state index contributed by atoms with van der Waals surface area (Å²) in [6.07, 6.45) is 5.03. The first-order valence-corrected chi connectivity index (χ1v) is 2.35. The SMILES string of the molecule is C=N/C=C\C(N)=C/C. The van der Waals surface area contributed by atoms with E-state index in [2.05, 4.69) is 11.7 Å². The van der Waals surface area contributed by atoms with E-state index < -0.39 is 0 Å². The van der Waals surface area contributed by atoms with E-state index in [0.29, 0.717) is 5.70 Å². The topological polar surface area (TPSA) is 38.4 Å². The third kappa shape index (κ3) is 3.15. The van der Waals surface area contributed by atoms with E-state index in [1.165, 1.54) is 0 Å². The highest BCUT2D eigenvalue weighted by Gasteiger charge is 1.71. The van der Waals surface area contributed by atoms with Gasteiger partial charge in [-0.25, -0.2) is 0 Å². The number of allylic oxidation sites excluding steroid dienone is 2. The summed E-state index contributed by atoms with van der Waals surface area (Å²) in [6, 6.07) is 0. The molecule has 0 unspecified atom stereocenters. The lowest BCUT2D eigenvalue weighted by Gasteiger charge is -1.83. The standard InChI is InChI=1S/C6H10N2/c1-3-6(7)4-5-8-2/h3-5H,2,7H2,1H3/b5-4-,6-3+. The van der Waals surface area contributed by atoms with Crippen LogP contribution < -0.4 is 5.73 Å². The number of nitrogens with two attached hydrogens (primary N) is 1. The van der Waals surface area contributed by atoms with Crippen molar-refractivity contribution in [2.24, 2.45) is 10.7 Å². The van der Waals surface area contributed by atoms with Crippen LogP contribution >= 0.6 is 0 Å². The van der Waals surface area contributed by atoms with Gasteiger partial charge in [0.2, 0.25) is 0 Å². The minimum Gasteiger partial charge on any atom is -0.399 e. The Labute approximate surface area is 49.4 Å². The second-order valence-corrected chi connectivity index (χ2v) is 1.29. The molecule has 0 aliphatic rings. The summed E-state index contributed by atoms with van der Waals surface area (Å²) >= 11 is 0. The van der Waals surface area contributed by atoms with Gasteiger partial charge in [-0.3, -0.25) is 4.99 Å². The van der Waals surface area contributed by atoms with Crippen LogP contribution in [-0.4, -0.2) is 6.72 Å². The third-order valence-corrected chi connectivity index (χ3v) is 0.706. The van der Waals surface area contributed by atoms with Crippen LogP contribution in [0.15, 0.2) is 29.0 Å². The molecule has 0 aliphatic heterocycles. The van der Waals surface area contributed by atoms with Crippen molar-refractivity contribution < 1.29 is 0 Å². The van der Waals surface area contributed by atoms with Gasteiger partial charge < -0.3 is 5.73 Å². The van der Waals surface area contributed by atoms with Crippen LogP contribution in [0, 0.1) is 0 Å². The molecule has 0 amide bonds. The summed E-state index contributed by atoms with van der Waals surface area (Å²) in [4.78, 5) is 3.47. The van der Waals surface area contributed by atoms with Crippen molar-refractivity contribution >= 4 is 6.72 Å². The van der Waals surface area contributed by atoms with E-state index in [9.17, 15) is 0 Å². The fourth-order valence-corrected chi connectivity index (χ4v) is 0.235. The Kier molecular flexibility index (Phi) is 3.58. The van der Waals surface area contributed by atoms with Gasteiger partial charge in [-0.15, -0.1) is 0 Å². The third-order valence-electron chi connectivity index (χ3n) is 0.706. The Morgan fingerprint density at radius 3 is 2.75 bits per heavy atom. The monoisotopic (exact) mass is 110 g/mol. The molecule has 0 spiro atoms. The molecule has 0 aromatic heterocycles. The molecule has 0 saturated heterocycles. The molecule has 0 heterocycles. The Morgan fingerprint density at radius 1 is 1.75 bits per heavy atom. The zero-order valence-electron chi connectivity index (χ0n) is 4.96. The predicted molar refractivity (Wildman–Crippen MR) is 36.6 cm³/mol. The van der Waals surface area contributed by atoms with Crippen LogP contribution in [0.2, 0.25) is 0 Å². The molecule has 0 bridgehead atoms. The number of hydrogen-bond acceptors (Lipinski definition) is 2. The summed E-state index contributed by atoms with van der Waals surface area (Å²) in [5.74, 6) is 0. The van der Waals surface area contributed by atoms with Gasteiger partial charge in [0.15, 0.2) is 0 Å². The molecule has 0 aliphatic carbocycles. The molecule has 2 heteroatoms.